The second-order valence-corrected chi connectivity index (χ2v) is 3.66. The molecule has 0 aliphatic heterocycles. The second kappa shape index (κ2) is 33.2. The minimum atomic E-state index is -0.440. The van der Waals surface area contributed by atoms with Crippen molar-refractivity contribution in [2.45, 2.75) is 0 Å². The summed E-state index contributed by atoms with van der Waals surface area (Å²) >= 11 is 1.22. The first-order chi connectivity index (χ1) is 2.91. The van der Waals surface area contributed by atoms with Crippen LogP contribution in [0.1, 0.15) is 0 Å². The predicted octanol–water partition coefficient (Wildman–Crippen LogP) is -2.87. The van der Waals surface area contributed by atoms with Crippen molar-refractivity contribution in [2.24, 2.45) is 0 Å². The first-order valence-electron chi connectivity index (χ1n) is 1.60. The first kappa shape index (κ1) is 22.4. The quantitative estimate of drug-likeness (QED) is 0.349. The maximum absolute atomic E-state index is 9.39. The van der Waals surface area contributed by atoms with Crippen LogP contribution in [0.15, 0.2) is 0 Å². The fraction of sp³-hybridized carbons (Fsp3) is 0. The maximum atomic E-state index is 9.39. The van der Waals surface area contributed by atoms with Crippen LogP contribution in [0.4, 0.5) is 0 Å². The summed E-state index contributed by atoms with van der Waals surface area (Å²) in [4.78, 5) is 0. The smallest absolute Gasteiger partial charge is 0.275 e. The van der Waals surface area contributed by atoms with Crippen molar-refractivity contribution in [2.75, 3.05) is 0 Å². The Labute approximate surface area is 91.0 Å². The van der Waals surface area contributed by atoms with Gasteiger partial charge in [0.05, 0.1) is 0 Å². The molecule has 2 unspecified atom stereocenters. The molecule has 0 rings (SSSR count). The van der Waals surface area contributed by atoms with E-state index in [0.717, 1.165) is 0 Å². The van der Waals surface area contributed by atoms with E-state index >= 15 is 0 Å². The van der Waals surface area contributed by atoms with Crippen molar-refractivity contribution >= 4 is 65.7 Å². The normalized spacial score (nSPS) is 5.12. The number of hydrogen-bond donors (Lipinski definition) is 0. The van der Waals surface area contributed by atoms with Crippen LogP contribution in [-0.4, -0.2) is 49.8 Å². The van der Waals surface area contributed by atoms with E-state index < -0.39 is 9.07 Å². The molecule has 0 spiro atoms. The molecule has 0 fully saturated rings. The molecule has 0 aliphatic rings. The first-order valence-corrected chi connectivity index (χ1v) is 10.0. The van der Waals surface area contributed by atoms with E-state index in [-0.39, 0.29) is 39.1 Å². The monoisotopic (exact) mass is 230 g/mol. The molecule has 1 nitrogen and oxygen atoms in total. The van der Waals surface area contributed by atoms with Crippen LogP contribution in [-0.2, 0) is 26.2 Å². The van der Waals surface area contributed by atoms with E-state index in [1.807, 2.05) is 7.57 Å². The largest absolute Gasteiger partial charge is 0.387 e. The molecule has 0 aliphatic carbocycles. The summed E-state index contributed by atoms with van der Waals surface area (Å²) in [5, 5.41) is 0. The van der Waals surface area contributed by atoms with E-state index in [0.29, 0.717) is 8.01 Å². The van der Waals surface area contributed by atoms with Crippen LogP contribution >= 0.6 is 15.9 Å². The zero-order valence-electron chi connectivity index (χ0n) is 4.56. The van der Waals surface area contributed by atoms with Crippen LogP contribution in [0.3, 0.4) is 0 Å². The van der Waals surface area contributed by atoms with Crippen LogP contribution in [0, 0.1) is 0 Å². The van der Waals surface area contributed by atoms with Gasteiger partial charge in [0, 0.05) is 21.7 Å². The van der Waals surface area contributed by atoms with E-state index in [1.54, 1.807) is 0 Å². The Morgan fingerprint density at radius 1 is 1.62 bits per heavy atom. The minimum absolute atomic E-state index is 0. The fourth-order valence-corrected chi connectivity index (χ4v) is 0. The molecule has 0 aromatic carbocycles. The van der Waals surface area contributed by atoms with Gasteiger partial charge in [-0.2, -0.15) is 0 Å². The zero-order valence-corrected chi connectivity index (χ0v) is 11.4. The standard InChI is InChI=1S/2Al.BH4OPSi.H2P.Ti.5H/c;;1-3-4-2;;;;;;;/h;;3-4H,1H2;1H2;;;;;;/q;+1;;-1;;;;;;. The summed E-state index contributed by atoms with van der Waals surface area (Å²) in [6.45, 7) is 0. The van der Waals surface area contributed by atoms with Crippen molar-refractivity contribution in [1.82, 2.24) is 0 Å². The molecule has 8 heavy (non-hydrogen) atoms. The number of rotatable bonds is 1. The van der Waals surface area contributed by atoms with Crippen molar-refractivity contribution in [1.29, 1.82) is 0 Å². The topological polar surface area (TPSA) is 17.1 Å². The number of hydrogen-bond acceptors (Lipinski definition) is 1. The Balaban J connectivity index is -0.0000000183. The molecule has 0 radical (unpaired) electrons. The van der Waals surface area contributed by atoms with E-state index in [4.69, 9.17) is 0 Å². The Morgan fingerprint density at radius 2 is 1.75 bits per heavy atom. The molecule has 0 saturated heterocycles. The SMILES string of the molecule is BP[SiH]=O.[AlH2][PH2].[AlH3].[Ti]. The Bertz CT molecular complexity index is 34.0. The van der Waals surface area contributed by atoms with Gasteiger partial charge in [-0.05, 0) is 0 Å². The molecular formula is H11Al2BOP2SiTi. The fourth-order valence-electron chi connectivity index (χ4n) is 0. The Morgan fingerprint density at radius 3 is 1.75 bits per heavy atom. The van der Waals surface area contributed by atoms with Crippen LogP contribution in [0.25, 0.3) is 0 Å². The van der Waals surface area contributed by atoms with Crippen LogP contribution < -0.4 is 0 Å². The molecule has 0 aromatic rings. The molecule has 0 bridgehead atoms. The third-order valence-electron chi connectivity index (χ3n) is 0.118. The van der Waals surface area contributed by atoms with Gasteiger partial charge >= 0.3 is 0 Å². The Kier molecular flexibility index (Phi) is 93.0. The van der Waals surface area contributed by atoms with E-state index in [2.05, 4.69) is 7.89 Å². The summed E-state index contributed by atoms with van der Waals surface area (Å²) < 4.78 is 9.39. The third kappa shape index (κ3) is 37.5. The van der Waals surface area contributed by atoms with Gasteiger partial charge < -0.3 is 4.46 Å². The average Bonchev–Trinajstić information content (AvgIpc) is 1.72. The molecular weight excluding hydrogens is 219 g/mol. The summed E-state index contributed by atoms with van der Waals surface area (Å²) in [5.74, 6) is 0. The van der Waals surface area contributed by atoms with Gasteiger partial charge in [-0.1, -0.05) is 0 Å². The molecule has 2 atom stereocenters. The van der Waals surface area contributed by atoms with Gasteiger partial charge in [-0.25, -0.2) is 7.89 Å². The molecule has 0 N–H and O–H groups in total. The molecule has 0 saturated carbocycles. The minimum Gasteiger partial charge on any atom is -0.387 e. The van der Waals surface area contributed by atoms with Gasteiger partial charge in [0.1, 0.15) is 7.57 Å². The Hall–Kier alpha value is 2.72. The summed E-state index contributed by atoms with van der Waals surface area (Å²) in [7, 11) is 4.72. The van der Waals surface area contributed by atoms with Gasteiger partial charge in [0.15, 0.2) is 17.4 Å². The van der Waals surface area contributed by atoms with Crippen molar-refractivity contribution in [3.63, 3.8) is 0 Å². The van der Waals surface area contributed by atoms with Gasteiger partial charge in [0.25, 0.3) is 9.07 Å². The van der Waals surface area contributed by atoms with E-state index in [9.17, 15) is 4.46 Å². The molecule has 0 amide bonds. The molecule has 44 valence electrons. The molecule has 8 heteroatoms. The van der Waals surface area contributed by atoms with Crippen molar-refractivity contribution in [3.05, 3.63) is 0 Å². The third-order valence-corrected chi connectivity index (χ3v) is 1.06. The zero-order chi connectivity index (χ0) is 5.41. The average molecular weight is 230 g/mol. The van der Waals surface area contributed by atoms with E-state index in [1.165, 1.54) is 15.8 Å². The van der Waals surface area contributed by atoms with Gasteiger partial charge in [0.2, 0.25) is 15.8 Å². The summed E-state index contributed by atoms with van der Waals surface area (Å²) in [5.41, 5.74) is 0. The van der Waals surface area contributed by atoms with Crippen LogP contribution in [0.2, 0.25) is 0 Å². The van der Waals surface area contributed by atoms with Crippen LogP contribution in [0.5, 0.6) is 0 Å². The maximum Gasteiger partial charge on any atom is 0.275 e. The van der Waals surface area contributed by atoms with Crippen molar-refractivity contribution in [3.8, 4) is 0 Å². The van der Waals surface area contributed by atoms with Gasteiger partial charge in [-0.15, -0.1) is 8.01 Å². The summed E-state index contributed by atoms with van der Waals surface area (Å²) in [6.07, 6.45) is 0. The molecule has 0 aromatic heterocycles. The molecule has 0 heterocycles. The second-order valence-electron chi connectivity index (χ2n) is 0.407. The van der Waals surface area contributed by atoms with Gasteiger partial charge in [-0.3, -0.25) is 0 Å². The predicted molar refractivity (Wildman–Crippen MR) is 52.9 cm³/mol. The summed E-state index contributed by atoms with van der Waals surface area (Å²) in [6, 6.07) is 0. The van der Waals surface area contributed by atoms with Crippen molar-refractivity contribution < 1.29 is 26.2 Å².